The molecule has 0 saturated carbocycles. The highest BCUT2D eigenvalue weighted by Crippen LogP contribution is 1.97. The molecule has 0 aromatic rings. The largest absolute Gasteiger partial charge is 0.0864 e. The number of halogens is 1. The molecule has 0 rings (SSSR count). The third-order valence-corrected chi connectivity index (χ3v) is 1.52. The van der Waals surface area contributed by atoms with Crippen molar-refractivity contribution in [2.75, 3.05) is 4.43 Å². The minimum atomic E-state index is 1.07. The fourth-order valence-corrected chi connectivity index (χ4v) is 0.896. The van der Waals surface area contributed by atoms with Crippen molar-refractivity contribution in [1.82, 2.24) is 0 Å². The van der Waals surface area contributed by atoms with Gasteiger partial charge in [0.25, 0.3) is 0 Å². The summed E-state index contributed by atoms with van der Waals surface area (Å²) < 4.78 is 1.26. The van der Waals surface area contributed by atoms with Crippen LogP contribution in [0, 0.1) is 6.58 Å². The smallest absolute Gasteiger partial charge is 0.000462 e. The zero-order valence-corrected chi connectivity index (χ0v) is 6.52. The molecule has 0 aromatic heterocycles. The van der Waals surface area contributed by atoms with Crippen molar-refractivity contribution in [3.8, 4) is 0 Å². The van der Waals surface area contributed by atoms with Crippen LogP contribution in [-0.2, 0) is 0 Å². The van der Waals surface area contributed by atoms with Crippen LogP contribution in [0.3, 0.4) is 0 Å². The first-order valence-corrected chi connectivity index (χ1v) is 4.03. The lowest BCUT2D eigenvalue weighted by molar-refractivity contribution is 0.831. The van der Waals surface area contributed by atoms with Crippen LogP contribution < -0.4 is 0 Å². The molecular weight excluding hydrogens is 199 g/mol. The van der Waals surface area contributed by atoms with E-state index in [9.17, 15) is 0 Å². The van der Waals surface area contributed by atoms with Gasteiger partial charge in [-0.05, 0) is 23.7 Å². The van der Waals surface area contributed by atoms with Crippen molar-refractivity contribution in [3.63, 3.8) is 0 Å². The van der Waals surface area contributed by atoms with Gasteiger partial charge >= 0.3 is 0 Å². The fraction of sp³-hybridized carbons (Fsp3) is 0.667. The Morgan fingerprint density at radius 1 is 1.43 bits per heavy atom. The standard InChI is InChI=1S/C6H10I/c1-2-3-4-5-6-7/h1-2H,3-6H2. The highest BCUT2D eigenvalue weighted by Gasteiger charge is 1.78. The zero-order chi connectivity index (χ0) is 5.54. The molecule has 7 heavy (non-hydrogen) atoms. The number of hydrogen-bond acceptors (Lipinski definition) is 0. The molecule has 0 saturated heterocycles. The molecule has 1 radical (unpaired) electrons. The molecule has 0 nitrogen and oxygen atoms in total. The summed E-state index contributed by atoms with van der Waals surface area (Å²) in [6, 6.07) is 0. The van der Waals surface area contributed by atoms with E-state index in [4.69, 9.17) is 6.58 Å². The lowest BCUT2D eigenvalue weighted by atomic mass is 10.3. The van der Waals surface area contributed by atoms with E-state index in [-0.39, 0.29) is 0 Å². The first kappa shape index (κ1) is 7.47. The van der Waals surface area contributed by atoms with Gasteiger partial charge in [0, 0.05) is 0 Å². The van der Waals surface area contributed by atoms with Gasteiger partial charge in [0.15, 0.2) is 0 Å². The van der Waals surface area contributed by atoms with Gasteiger partial charge in [-0.25, -0.2) is 0 Å². The van der Waals surface area contributed by atoms with Gasteiger partial charge in [-0.2, -0.15) is 0 Å². The zero-order valence-electron chi connectivity index (χ0n) is 4.36. The number of rotatable bonds is 4. The van der Waals surface area contributed by atoms with Gasteiger partial charge in [-0.3, -0.25) is 0 Å². The minimum absolute atomic E-state index is 1.07. The molecule has 0 unspecified atom stereocenters. The molecule has 0 aliphatic rings. The van der Waals surface area contributed by atoms with Crippen molar-refractivity contribution >= 4 is 22.6 Å². The molecule has 1 heteroatoms. The van der Waals surface area contributed by atoms with Crippen molar-refractivity contribution in [2.24, 2.45) is 0 Å². The highest BCUT2D eigenvalue weighted by molar-refractivity contribution is 14.1. The summed E-state index contributed by atoms with van der Waals surface area (Å²) in [5, 5.41) is 0. The van der Waals surface area contributed by atoms with Crippen molar-refractivity contribution in [1.29, 1.82) is 0 Å². The summed E-state index contributed by atoms with van der Waals surface area (Å²) in [5.41, 5.74) is 0. The normalized spacial score (nSPS) is 8.71. The Kier molecular flexibility index (Phi) is 6.90. The molecule has 0 amide bonds. The molecule has 0 heterocycles. The molecule has 0 N–H and O–H groups in total. The van der Waals surface area contributed by atoms with Gasteiger partial charge in [-0.1, -0.05) is 35.2 Å². The third kappa shape index (κ3) is 6.47. The Labute approximate surface area is 59.1 Å². The first-order chi connectivity index (χ1) is 3.41. The van der Waals surface area contributed by atoms with Crippen LogP contribution in [0.4, 0.5) is 0 Å². The van der Waals surface area contributed by atoms with Crippen LogP contribution in [0.5, 0.6) is 0 Å². The van der Waals surface area contributed by atoms with Crippen molar-refractivity contribution in [3.05, 3.63) is 12.7 Å². The molecular formula is C6H10I. The van der Waals surface area contributed by atoms with Gasteiger partial charge in [0.1, 0.15) is 0 Å². The molecule has 0 spiro atoms. The van der Waals surface area contributed by atoms with E-state index in [1.807, 2.05) is 0 Å². The second-order valence-electron chi connectivity index (χ2n) is 1.42. The molecule has 41 valence electrons. The highest BCUT2D eigenvalue weighted by atomic mass is 127. The molecule has 0 fully saturated rings. The Balaban J connectivity index is 2.56. The van der Waals surface area contributed by atoms with Crippen LogP contribution in [0.1, 0.15) is 19.3 Å². The van der Waals surface area contributed by atoms with E-state index in [2.05, 4.69) is 22.6 Å². The van der Waals surface area contributed by atoms with Gasteiger partial charge in [0.05, 0.1) is 0 Å². The Morgan fingerprint density at radius 3 is 2.57 bits per heavy atom. The average molecular weight is 209 g/mol. The third-order valence-electron chi connectivity index (χ3n) is 0.754. The predicted octanol–water partition coefficient (Wildman–Crippen LogP) is 2.58. The maximum absolute atomic E-state index is 5.14. The summed E-state index contributed by atoms with van der Waals surface area (Å²) in [7, 11) is 0. The van der Waals surface area contributed by atoms with E-state index < -0.39 is 0 Å². The number of hydrogen-bond donors (Lipinski definition) is 0. The van der Waals surface area contributed by atoms with Gasteiger partial charge in [0.2, 0.25) is 0 Å². The van der Waals surface area contributed by atoms with E-state index in [1.165, 1.54) is 17.3 Å². The van der Waals surface area contributed by atoms with E-state index in [0.29, 0.717) is 0 Å². The quantitative estimate of drug-likeness (QED) is 0.379. The van der Waals surface area contributed by atoms with E-state index in [0.717, 1.165) is 6.42 Å². The Bertz CT molecular complexity index is 41.4. The van der Waals surface area contributed by atoms with Crippen LogP contribution in [0.2, 0.25) is 0 Å². The van der Waals surface area contributed by atoms with Crippen molar-refractivity contribution in [2.45, 2.75) is 19.3 Å². The monoisotopic (exact) mass is 209 g/mol. The van der Waals surface area contributed by atoms with E-state index >= 15 is 0 Å². The summed E-state index contributed by atoms with van der Waals surface area (Å²) in [4.78, 5) is 0. The summed E-state index contributed by atoms with van der Waals surface area (Å²) in [6.07, 6.45) is 5.35. The summed E-state index contributed by atoms with van der Waals surface area (Å²) in [5.74, 6) is 0. The van der Waals surface area contributed by atoms with Crippen LogP contribution in [0.15, 0.2) is 6.08 Å². The molecule has 0 aliphatic carbocycles. The van der Waals surface area contributed by atoms with Gasteiger partial charge in [-0.15, -0.1) is 0 Å². The maximum Gasteiger partial charge on any atom is -0.000462 e. The molecule has 0 aliphatic heterocycles. The van der Waals surface area contributed by atoms with Crippen LogP contribution >= 0.6 is 22.6 Å². The number of allylic oxidation sites excluding steroid dienone is 1. The van der Waals surface area contributed by atoms with Crippen LogP contribution in [-0.4, -0.2) is 4.43 Å². The summed E-state index contributed by atoms with van der Waals surface area (Å²) >= 11 is 2.37. The molecule has 0 aromatic carbocycles. The first-order valence-electron chi connectivity index (χ1n) is 2.51. The molecule has 0 atom stereocenters. The molecule has 0 bridgehead atoms. The summed E-state index contributed by atoms with van der Waals surface area (Å²) in [6.45, 7) is 5.14. The predicted molar refractivity (Wildman–Crippen MR) is 41.6 cm³/mol. The van der Waals surface area contributed by atoms with E-state index in [1.54, 1.807) is 6.08 Å². The van der Waals surface area contributed by atoms with Crippen molar-refractivity contribution < 1.29 is 0 Å². The average Bonchev–Trinajstić information content (AvgIpc) is 1.69. The lowest BCUT2D eigenvalue weighted by Gasteiger charge is -1.86. The topological polar surface area (TPSA) is 0 Å². The Hall–Kier alpha value is 0.470. The number of unbranched alkanes of at least 4 members (excludes halogenated alkanes) is 2. The second kappa shape index (κ2) is 6.47. The minimum Gasteiger partial charge on any atom is -0.0864 e. The second-order valence-corrected chi connectivity index (χ2v) is 2.50. The fourth-order valence-electron chi connectivity index (χ4n) is 0.357. The lowest BCUT2D eigenvalue weighted by Crippen LogP contribution is -1.71. The Morgan fingerprint density at radius 2 is 2.14 bits per heavy atom. The number of alkyl halides is 1. The SMILES string of the molecule is [CH]=CCCCCI. The van der Waals surface area contributed by atoms with Crippen LogP contribution in [0.25, 0.3) is 0 Å². The maximum atomic E-state index is 5.14. The van der Waals surface area contributed by atoms with Gasteiger partial charge < -0.3 is 0 Å².